The van der Waals surface area contributed by atoms with E-state index >= 15 is 0 Å². The molecule has 0 radical (unpaired) electrons. The van der Waals surface area contributed by atoms with Gasteiger partial charge in [0.25, 0.3) is 0 Å². The molecule has 2 nitrogen and oxygen atoms in total. The first-order valence-electron chi connectivity index (χ1n) is 7.60. The maximum Gasteiger partial charge on any atom is 0.0601 e. The van der Waals surface area contributed by atoms with E-state index in [1.807, 2.05) is 7.11 Å². The lowest BCUT2D eigenvalue weighted by Gasteiger charge is -2.56. The van der Waals surface area contributed by atoms with Crippen LogP contribution in [0.5, 0.6) is 0 Å². The molecule has 5 saturated carbocycles. The summed E-state index contributed by atoms with van der Waals surface area (Å²) in [5, 5.41) is 3.98. The van der Waals surface area contributed by atoms with Gasteiger partial charge in [0, 0.05) is 19.2 Å². The fraction of sp³-hybridized carbons (Fsp3) is 1.00. The summed E-state index contributed by atoms with van der Waals surface area (Å²) in [5.74, 6) is 4.24. The molecule has 4 bridgehead atoms. The summed E-state index contributed by atoms with van der Waals surface area (Å²) in [6.45, 7) is 0. The van der Waals surface area contributed by atoms with E-state index in [1.165, 1.54) is 38.5 Å². The number of ether oxygens (including phenoxy) is 1. The van der Waals surface area contributed by atoms with Crippen LogP contribution in [0.15, 0.2) is 0 Å². The van der Waals surface area contributed by atoms with Crippen molar-refractivity contribution >= 4 is 0 Å². The minimum absolute atomic E-state index is 0.546. The van der Waals surface area contributed by atoms with Gasteiger partial charge in [0.05, 0.1) is 6.10 Å². The average Bonchev–Trinajstić information content (AvgIpc) is 2.24. The summed E-state index contributed by atoms with van der Waals surface area (Å²) in [6.07, 6.45) is 10.7. The summed E-state index contributed by atoms with van der Waals surface area (Å²) < 4.78 is 5.38. The van der Waals surface area contributed by atoms with E-state index in [-0.39, 0.29) is 0 Å². The van der Waals surface area contributed by atoms with Gasteiger partial charge in [-0.05, 0) is 68.6 Å². The number of hydrogen-bond donors (Lipinski definition) is 1. The highest BCUT2D eigenvalue weighted by molar-refractivity contribution is 5.03. The fourth-order valence-electron chi connectivity index (χ4n) is 5.36. The topological polar surface area (TPSA) is 21.3 Å². The molecule has 96 valence electrons. The molecular formula is C15H25NO. The Morgan fingerprint density at radius 2 is 1.41 bits per heavy atom. The molecule has 1 N–H and O–H groups in total. The van der Waals surface area contributed by atoms with Crippen LogP contribution in [-0.2, 0) is 4.74 Å². The van der Waals surface area contributed by atoms with Gasteiger partial charge in [-0.3, -0.25) is 0 Å². The smallest absolute Gasteiger partial charge is 0.0601 e. The van der Waals surface area contributed by atoms with Crippen molar-refractivity contribution in [3.05, 3.63) is 0 Å². The van der Waals surface area contributed by atoms with Crippen LogP contribution in [0, 0.1) is 23.7 Å². The second kappa shape index (κ2) is 3.96. The molecule has 0 amide bonds. The Morgan fingerprint density at radius 3 is 1.94 bits per heavy atom. The van der Waals surface area contributed by atoms with Crippen molar-refractivity contribution in [2.75, 3.05) is 7.11 Å². The van der Waals surface area contributed by atoms with Gasteiger partial charge in [0.15, 0.2) is 0 Å². The fourth-order valence-corrected chi connectivity index (χ4v) is 5.36. The quantitative estimate of drug-likeness (QED) is 0.812. The Labute approximate surface area is 104 Å². The van der Waals surface area contributed by atoms with Gasteiger partial charge in [0.2, 0.25) is 0 Å². The molecule has 0 aromatic carbocycles. The molecule has 2 heteroatoms. The van der Waals surface area contributed by atoms with E-state index < -0.39 is 0 Å². The van der Waals surface area contributed by atoms with Crippen LogP contribution in [0.4, 0.5) is 0 Å². The van der Waals surface area contributed by atoms with E-state index in [0.717, 1.165) is 35.8 Å². The molecule has 17 heavy (non-hydrogen) atoms. The van der Waals surface area contributed by atoms with Gasteiger partial charge in [0.1, 0.15) is 0 Å². The molecule has 5 aliphatic rings. The molecule has 0 spiro atoms. The first kappa shape index (κ1) is 10.8. The highest BCUT2D eigenvalue weighted by atomic mass is 16.5. The summed E-state index contributed by atoms with van der Waals surface area (Å²) in [4.78, 5) is 0. The van der Waals surface area contributed by atoms with Crippen molar-refractivity contribution in [1.82, 2.24) is 5.32 Å². The summed E-state index contributed by atoms with van der Waals surface area (Å²) in [5.41, 5.74) is 0. The van der Waals surface area contributed by atoms with Crippen molar-refractivity contribution in [3.63, 3.8) is 0 Å². The zero-order valence-corrected chi connectivity index (χ0v) is 10.9. The van der Waals surface area contributed by atoms with Crippen molar-refractivity contribution in [3.8, 4) is 0 Å². The van der Waals surface area contributed by atoms with Crippen LogP contribution in [0.2, 0.25) is 0 Å². The average molecular weight is 235 g/mol. The molecule has 0 aromatic rings. The molecule has 0 saturated heterocycles. The second-order valence-corrected chi connectivity index (χ2v) is 7.15. The first-order valence-corrected chi connectivity index (χ1v) is 7.60. The Bertz CT molecular complexity index is 269. The lowest BCUT2D eigenvalue weighted by atomic mass is 9.54. The van der Waals surface area contributed by atoms with Crippen molar-refractivity contribution < 1.29 is 4.74 Å². The van der Waals surface area contributed by atoms with Crippen LogP contribution in [-0.4, -0.2) is 25.3 Å². The normalized spacial score (nSPS) is 55.9. The summed E-state index contributed by atoms with van der Waals surface area (Å²) >= 11 is 0. The number of nitrogens with one attached hydrogen (secondary N) is 1. The predicted octanol–water partition coefficient (Wildman–Crippen LogP) is 2.58. The highest BCUT2D eigenvalue weighted by Crippen LogP contribution is 2.54. The molecule has 0 aromatic heterocycles. The highest BCUT2D eigenvalue weighted by Gasteiger charge is 2.49. The summed E-state index contributed by atoms with van der Waals surface area (Å²) in [7, 11) is 1.85. The van der Waals surface area contributed by atoms with E-state index in [2.05, 4.69) is 5.32 Å². The Morgan fingerprint density at radius 1 is 0.824 bits per heavy atom. The molecule has 0 heterocycles. The zero-order valence-electron chi connectivity index (χ0n) is 10.9. The maximum atomic E-state index is 5.38. The lowest BCUT2D eigenvalue weighted by molar-refractivity contribution is -0.0395. The van der Waals surface area contributed by atoms with E-state index in [1.54, 1.807) is 6.42 Å². The monoisotopic (exact) mass is 235 g/mol. The molecular weight excluding hydrogens is 210 g/mol. The molecule has 0 atom stereocenters. The lowest BCUT2D eigenvalue weighted by Crippen LogP contribution is -2.59. The van der Waals surface area contributed by atoms with Crippen molar-refractivity contribution in [2.45, 2.75) is 63.1 Å². The molecule has 5 fully saturated rings. The third-order valence-corrected chi connectivity index (χ3v) is 6.08. The second-order valence-electron chi connectivity index (χ2n) is 7.15. The van der Waals surface area contributed by atoms with E-state index in [4.69, 9.17) is 4.74 Å². The van der Waals surface area contributed by atoms with Crippen LogP contribution in [0.1, 0.15) is 44.9 Å². The van der Waals surface area contributed by atoms with E-state index in [9.17, 15) is 0 Å². The number of rotatable bonds is 3. The maximum absolute atomic E-state index is 5.38. The number of hydrogen-bond acceptors (Lipinski definition) is 2. The molecule has 5 aliphatic carbocycles. The standard InChI is InChI=1S/C15H25NO/c1-17-14-7-13(8-14)16-15-11-3-9-2-10(5-11)6-12(15)4-9/h9-16H,2-8H2,1H3. The van der Waals surface area contributed by atoms with Gasteiger partial charge >= 0.3 is 0 Å². The van der Waals surface area contributed by atoms with Gasteiger partial charge in [-0.25, -0.2) is 0 Å². The SMILES string of the molecule is COC1CC(NC2C3CC4CC(C3)CC2C4)C1. The van der Waals surface area contributed by atoms with Crippen molar-refractivity contribution in [1.29, 1.82) is 0 Å². The third kappa shape index (κ3) is 1.76. The van der Waals surface area contributed by atoms with Gasteiger partial charge in [-0.2, -0.15) is 0 Å². The van der Waals surface area contributed by atoms with Crippen molar-refractivity contribution in [2.24, 2.45) is 23.7 Å². The van der Waals surface area contributed by atoms with Gasteiger partial charge in [-0.15, -0.1) is 0 Å². The first-order chi connectivity index (χ1) is 8.31. The minimum Gasteiger partial charge on any atom is -0.381 e. The predicted molar refractivity (Wildman–Crippen MR) is 67.8 cm³/mol. The molecule has 5 rings (SSSR count). The van der Waals surface area contributed by atoms with Gasteiger partial charge < -0.3 is 10.1 Å². The third-order valence-electron chi connectivity index (χ3n) is 6.08. The Balaban J connectivity index is 1.39. The van der Waals surface area contributed by atoms with Crippen LogP contribution >= 0.6 is 0 Å². The van der Waals surface area contributed by atoms with Crippen LogP contribution in [0.25, 0.3) is 0 Å². The Kier molecular flexibility index (Phi) is 2.52. The molecule has 0 aliphatic heterocycles. The van der Waals surface area contributed by atoms with Gasteiger partial charge in [-0.1, -0.05) is 0 Å². The largest absolute Gasteiger partial charge is 0.381 e. The minimum atomic E-state index is 0.546. The molecule has 0 unspecified atom stereocenters. The Hall–Kier alpha value is -0.0800. The zero-order chi connectivity index (χ0) is 11.4. The summed E-state index contributed by atoms with van der Waals surface area (Å²) in [6, 6.07) is 1.63. The van der Waals surface area contributed by atoms with Crippen LogP contribution < -0.4 is 5.32 Å². The number of methoxy groups -OCH3 is 1. The van der Waals surface area contributed by atoms with E-state index in [0.29, 0.717) is 6.10 Å². The van der Waals surface area contributed by atoms with Crippen LogP contribution in [0.3, 0.4) is 0 Å².